The van der Waals surface area contributed by atoms with E-state index in [1.165, 1.54) is 10.5 Å². The second kappa shape index (κ2) is 6.72. The molecule has 1 saturated heterocycles. The van der Waals surface area contributed by atoms with E-state index >= 15 is 0 Å². The molecule has 2 rings (SSSR count). The molecule has 0 aromatic carbocycles. The fourth-order valence-electron chi connectivity index (χ4n) is 2.50. The number of aromatic nitrogens is 1. The SMILES string of the molecule is CCCNc1cccnc1S(=O)(=O)N(C)C1CCOC1C. The van der Waals surface area contributed by atoms with E-state index < -0.39 is 10.0 Å². The molecule has 2 heterocycles. The van der Waals surface area contributed by atoms with Crippen LogP contribution in [0.25, 0.3) is 0 Å². The smallest absolute Gasteiger partial charge is 0.262 e. The van der Waals surface area contributed by atoms with Gasteiger partial charge >= 0.3 is 0 Å². The van der Waals surface area contributed by atoms with Gasteiger partial charge in [0.1, 0.15) is 0 Å². The monoisotopic (exact) mass is 313 g/mol. The third-order valence-corrected chi connectivity index (χ3v) is 5.61. The van der Waals surface area contributed by atoms with Gasteiger partial charge in [-0.3, -0.25) is 0 Å². The van der Waals surface area contributed by atoms with Crippen molar-refractivity contribution in [1.82, 2.24) is 9.29 Å². The minimum atomic E-state index is -3.64. The topological polar surface area (TPSA) is 71.5 Å². The van der Waals surface area contributed by atoms with E-state index in [0.717, 1.165) is 6.42 Å². The second-order valence-electron chi connectivity index (χ2n) is 5.24. The van der Waals surface area contributed by atoms with Crippen molar-refractivity contribution >= 4 is 15.7 Å². The Morgan fingerprint density at radius 3 is 2.90 bits per heavy atom. The molecule has 1 fully saturated rings. The van der Waals surface area contributed by atoms with Crippen molar-refractivity contribution in [2.45, 2.75) is 43.9 Å². The quantitative estimate of drug-likeness (QED) is 0.865. The predicted octanol–water partition coefficient (Wildman–Crippen LogP) is 1.70. The Labute approximate surface area is 126 Å². The number of sulfonamides is 1. The van der Waals surface area contributed by atoms with Gasteiger partial charge in [-0.2, -0.15) is 4.31 Å². The molecule has 0 aliphatic carbocycles. The van der Waals surface area contributed by atoms with Crippen molar-refractivity contribution in [3.05, 3.63) is 18.3 Å². The lowest BCUT2D eigenvalue weighted by Crippen LogP contribution is -2.41. The maximum Gasteiger partial charge on any atom is 0.262 e. The molecular formula is C14H23N3O3S. The van der Waals surface area contributed by atoms with E-state index in [9.17, 15) is 8.42 Å². The minimum absolute atomic E-state index is 0.0834. The van der Waals surface area contributed by atoms with Crippen LogP contribution in [0, 0.1) is 0 Å². The first-order valence-corrected chi connectivity index (χ1v) is 8.71. The van der Waals surface area contributed by atoms with Gasteiger partial charge in [-0.15, -0.1) is 0 Å². The molecule has 0 saturated carbocycles. The number of nitrogens with one attached hydrogen (secondary N) is 1. The Morgan fingerprint density at radius 2 is 2.29 bits per heavy atom. The molecule has 0 bridgehead atoms. The molecule has 0 spiro atoms. The van der Waals surface area contributed by atoms with Crippen molar-refractivity contribution in [2.24, 2.45) is 0 Å². The molecule has 1 aromatic rings. The lowest BCUT2D eigenvalue weighted by molar-refractivity contribution is 0.102. The van der Waals surface area contributed by atoms with Gasteiger partial charge < -0.3 is 10.1 Å². The third kappa shape index (κ3) is 3.36. The average Bonchev–Trinajstić information content (AvgIpc) is 2.90. The number of pyridine rings is 1. The highest BCUT2D eigenvalue weighted by Crippen LogP contribution is 2.27. The first-order valence-electron chi connectivity index (χ1n) is 7.27. The van der Waals surface area contributed by atoms with E-state index in [1.807, 2.05) is 13.8 Å². The standard InChI is InChI=1S/C14H23N3O3S/c1-4-8-15-12-6-5-9-16-14(12)21(18,19)17(3)13-7-10-20-11(13)2/h5-6,9,11,13,15H,4,7-8,10H2,1-3H3. The van der Waals surface area contributed by atoms with Crippen molar-refractivity contribution < 1.29 is 13.2 Å². The summed E-state index contributed by atoms with van der Waals surface area (Å²) in [5.41, 5.74) is 0.553. The largest absolute Gasteiger partial charge is 0.383 e. The molecule has 2 unspecified atom stereocenters. The van der Waals surface area contributed by atoms with Gasteiger partial charge in [0.15, 0.2) is 5.03 Å². The van der Waals surface area contributed by atoms with E-state index in [2.05, 4.69) is 10.3 Å². The summed E-state index contributed by atoms with van der Waals surface area (Å²) in [7, 11) is -2.04. The molecule has 118 valence electrons. The summed E-state index contributed by atoms with van der Waals surface area (Å²) in [4.78, 5) is 4.09. The number of nitrogens with zero attached hydrogens (tertiary/aromatic N) is 2. The summed E-state index contributed by atoms with van der Waals surface area (Å²) in [5, 5.41) is 3.21. The summed E-state index contributed by atoms with van der Waals surface area (Å²) in [6.07, 6.45) is 3.03. The molecule has 2 atom stereocenters. The first-order chi connectivity index (χ1) is 9.98. The number of likely N-dealkylation sites (N-methyl/N-ethyl adjacent to an activating group) is 1. The summed E-state index contributed by atoms with van der Waals surface area (Å²) in [6, 6.07) is 3.34. The van der Waals surface area contributed by atoms with Gasteiger partial charge in [-0.25, -0.2) is 13.4 Å². The highest BCUT2D eigenvalue weighted by molar-refractivity contribution is 7.89. The molecule has 7 heteroatoms. The Kier molecular flexibility index (Phi) is 5.18. The Morgan fingerprint density at radius 1 is 1.52 bits per heavy atom. The second-order valence-corrected chi connectivity index (χ2v) is 7.15. The zero-order chi connectivity index (χ0) is 15.5. The van der Waals surface area contributed by atoms with Gasteiger partial charge in [0.05, 0.1) is 17.8 Å². The zero-order valence-electron chi connectivity index (χ0n) is 12.7. The number of hydrogen-bond acceptors (Lipinski definition) is 5. The fraction of sp³-hybridized carbons (Fsp3) is 0.643. The van der Waals surface area contributed by atoms with Gasteiger partial charge in [0.25, 0.3) is 10.0 Å². The summed E-state index contributed by atoms with van der Waals surface area (Å²) in [6.45, 7) is 5.23. The molecule has 1 aliphatic heterocycles. The van der Waals surface area contributed by atoms with Crippen LogP contribution in [0.5, 0.6) is 0 Å². The van der Waals surface area contributed by atoms with Crippen LogP contribution < -0.4 is 5.32 Å². The Bertz CT molecular complexity index is 577. The lowest BCUT2D eigenvalue weighted by Gasteiger charge is -2.26. The van der Waals surface area contributed by atoms with E-state index in [-0.39, 0.29) is 17.2 Å². The molecule has 21 heavy (non-hydrogen) atoms. The Balaban J connectivity index is 2.30. The van der Waals surface area contributed by atoms with Crippen molar-refractivity contribution in [3.63, 3.8) is 0 Å². The van der Waals surface area contributed by atoms with Crippen LogP contribution in [0.2, 0.25) is 0 Å². The normalized spacial score (nSPS) is 22.7. The van der Waals surface area contributed by atoms with Crippen LogP contribution in [-0.2, 0) is 14.8 Å². The first kappa shape index (κ1) is 16.2. The molecule has 0 radical (unpaired) electrons. The van der Waals surface area contributed by atoms with E-state index in [4.69, 9.17) is 4.74 Å². The highest BCUT2D eigenvalue weighted by Gasteiger charge is 2.36. The maximum absolute atomic E-state index is 12.8. The Hall–Kier alpha value is -1.18. The number of anilines is 1. The van der Waals surface area contributed by atoms with Gasteiger partial charge in [0, 0.05) is 26.4 Å². The number of ether oxygens (including phenoxy) is 1. The molecular weight excluding hydrogens is 290 g/mol. The molecule has 1 aliphatic rings. The van der Waals surface area contributed by atoms with E-state index in [0.29, 0.717) is 25.3 Å². The van der Waals surface area contributed by atoms with Gasteiger partial charge in [-0.05, 0) is 31.9 Å². The van der Waals surface area contributed by atoms with Crippen LogP contribution in [0.3, 0.4) is 0 Å². The van der Waals surface area contributed by atoms with Gasteiger partial charge in [0.2, 0.25) is 0 Å². The summed E-state index contributed by atoms with van der Waals surface area (Å²) >= 11 is 0. The van der Waals surface area contributed by atoms with Crippen molar-refractivity contribution in [3.8, 4) is 0 Å². The van der Waals surface area contributed by atoms with Crippen LogP contribution in [0.1, 0.15) is 26.7 Å². The van der Waals surface area contributed by atoms with Crippen LogP contribution >= 0.6 is 0 Å². The zero-order valence-corrected chi connectivity index (χ0v) is 13.6. The third-order valence-electron chi connectivity index (χ3n) is 3.76. The molecule has 0 amide bonds. The molecule has 1 aromatic heterocycles. The number of rotatable bonds is 6. The van der Waals surface area contributed by atoms with Crippen LogP contribution in [0.4, 0.5) is 5.69 Å². The fourth-order valence-corrected chi connectivity index (χ4v) is 4.02. The molecule has 1 N–H and O–H groups in total. The summed E-state index contributed by atoms with van der Waals surface area (Å²) < 4.78 is 32.5. The molecule has 6 nitrogen and oxygen atoms in total. The maximum atomic E-state index is 12.8. The van der Waals surface area contributed by atoms with Gasteiger partial charge in [-0.1, -0.05) is 6.92 Å². The van der Waals surface area contributed by atoms with Crippen LogP contribution in [-0.4, -0.2) is 50.1 Å². The number of hydrogen-bond donors (Lipinski definition) is 1. The van der Waals surface area contributed by atoms with E-state index in [1.54, 1.807) is 19.2 Å². The lowest BCUT2D eigenvalue weighted by atomic mass is 10.2. The highest BCUT2D eigenvalue weighted by atomic mass is 32.2. The summed E-state index contributed by atoms with van der Waals surface area (Å²) in [5.74, 6) is 0. The van der Waals surface area contributed by atoms with Crippen molar-refractivity contribution in [2.75, 3.05) is 25.5 Å². The minimum Gasteiger partial charge on any atom is -0.383 e. The van der Waals surface area contributed by atoms with Crippen LogP contribution in [0.15, 0.2) is 23.4 Å². The average molecular weight is 313 g/mol. The predicted molar refractivity (Wildman–Crippen MR) is 81.8 cm³/mol. The van der Waals surface area contributed by atoms with Crippen molar-refractivity contribution in [1.29, 1.82) is 0 Å².